The van der Waals surface area contributed by atoms with E-state index in [2.05, 4.69) is 47.7 Å². The minimum absolute atomic E-state index is 0.139. The molecule has 2 aromatic heterocycles. The summed E-state index contributed by atoms with van der Waals surface area (Å²) in [5, 5.41) is 0.942. The SMILES string of the molecule is COc1cccc(Cn2c(SCc3ccc(C(=O)N4CC(C)CC(C)C4)cc3)nc3ccncc32)c1. The molecule has 6 nitrogen and oxygen atoms in total. The Bertz CT molecular complexity index is 1340. The van der Waals surface area contributed by atoms with Gasteiger partial charge in [0.15, 0.2) is 5.16 Å². The molecule has 0 N–H and O–H groups in total. The van der Waals surface area contributed by atoms with Crippen LogP contribution in [0.25, 0.3) is 11.0 Å². The Morgan fingerprint density at radius 1 is 1.06 bits per heavy atom. The van der Waals surface area contributed by atoms with Crippen LogP contribution in [0.15, 0.2) is 72.1 Å². The zero-order valence-corrected chi connectivity index (χ0v) is 21.9. The second-order valence-electron chi connectivity index (χ2n) is 9.84. The number of carbonyl (C=O) groups is 1. The van der Waals surface area contributed by atoms with Crippen molar-refractivity contribution in [2.75, 3.05) is 20.2 Å². The highest BCUT2D eigenvalue weighted by Gasteiger charge is 2.26. The van der Waals surface area contributed by atoms with E-state index in [1.165, 1.54) is 6.42 Å². The van der Waals surface area contributed by atoms with Gasteiger partial charge in [-0.3, -0.25) is 9.78 Å². The molecule has 7 heteroatoms. The summed E-state index contributed by atoms with van der Waals surface area (Å²) in [5.41, 5.74) is 5.01. The summed E-state index contributed by atoms with van der Waals surface area (Å²) in [6.07, 6.45) is 4.84. The number of imidazole rings is 1. The third-order valence-corrected chi connectivity index (χ3v) is 7.76. The minimum Gasteiger partial charge on any atom is -0.497 e. The largest absolute Gasteiger partial charge is 0.497 e. The van der Waals surface area contributed by atoms with Gasteiger partial charge in [-0.1, -0.05) is 49.9 Å². The lowest BCUT2D eigenvalue weighted by molar-refractivity contribution is 0.0623. The number of hydrogen-bond donors (Lipinski definition) is 0. The van der Waals surface area contributed by atoms with E-state index in [0.29, 0.717) is 18.4 Å². The molecule has 0 saturated carbocycles. The summed E-state index contributed by atoms with van der Waals surface area (Å²) in [5.74, 6) is 2.85. The molecule has 1 amide bonds. The number of thioether (sulfide) groups is 1. The summed E-state index contributed by atoms with van der Waals surface area (Å²) in [6, 6.07) is 18.1. The van der Waals surface area contributed by atoms with Crippen molar-refractivity contribution < 1.29 is 9.53 Å². The van der Waals surface area contributed by atoms with E-state index in [1.807, 2.05) is 41.4 Å². The van der Waals surface area contributed by atoms with Crippen LogP contribution >= 0.6 is 11.8 Å². The number of rotatable bonds is 7. The maximum absolute atomic E-state index is 13.0. The quantitative estimate of drug-likeness (QED) is 0.296. The number of carbonyl (C=O) groups excluding carboxylic acids is 1. The maximum Gasteiger partial charge on any atom is 0.253 e. The van der Waals surface area contributed by atoms with E-state index in [4.69, 9.17) is 9.72 Å². The topological polar surface area (TPSA) is 60.2 Å². The van der Waals surface area contributed by atoms with Crippen LogP contribution in [0, 0.1) is 11.8 Å². The fraction of sp³-hybridized carbons (Fsp3) is 0.345. The van der Waals surface area contributed by atoms with Gasteiger partial charge >= 0.3 is 0 Å². The number of likely N-dealkylation sites (tertiary alicyclic amines) is 1. The van der Waals surface area contributed by atoms with Gasteiger partial charge in [-0.05, 0) is 59.7 Å². The Labute approximate surface area is 216 Å². The monoisotopic (exact) mass is 500 g/mol. The summed E-state index contributed by atoms with van der Waals surface area (Å²) < 4.78 is 7.61. The number of pyridine rings is 1. The number of fused-ring (bicyclic) bond motifs is 1. The molecule has 0 spiro atoms. The Morgan fingerprint density at radius 3 is 2.58 bits per heavy atom. The molecule has 36 heavy (non-hydrogen) atoms. The molecule has 0 radical (unpaired) electrons. The fourth-order valence-electron chi connectivity index (χ4n) is 5.07. The standard InChI is InChI=1S/C29H32N4O2S/c1-20-13-21(2)17-32(16-20)28(34)24-9-7-22(8-10-24)19-36-29-31-26-11-12-30-15-27(26)33(29)18-23-5-4-6-25(14-23)35-3/h4-12,14-15,20-21H,13,16-19H2,1-3H3. The highest BCUT2D eigenvalue weighted by molar-refractivity contribution is 7.98. The predicted octanol–water partition coefficient (Wildman–Crippen LogP) is 5.90. The number of benzene rings is 2. The van der Waals surface area contributed by atoms with Crippen molar-refractivity contribution in [2.24, 2.45) is 11.8 Å². The number of amides is 1. The van der Waals surface area contributed by atoms with Gasteiger partial charge in [0, 0.05) is 30.6 Å². The molecule has 1 saturated heterocycles. The molecule has 1 fully saturated rings. The molecular formula is C29H32N4O2S. The molecule has 4 aromatic rings. The molecule has 0 aliphatic carbocycles. The van der Waals surface area contributed by atoms with E-state index in [1.54, 1.807) is 25.1 Å². The Morgan fingerprint density at radius 2 is 1.83 bits per heavy atom. The molecule has 0 bridgehead atoms. The molecule has 186 valence electrons. The van der Waals surface area contributed by atoms with Gasteiger partial charge in [-0.2, -0.15) is 0 Å². The third-order valence-electron chi connectivity index (χ3n) is 6.72. The van der Waals surface area contributed by atoms with Crippen molar-refractivity contribution in [3.8, 4) is 5.75 Å². The number of ether oxygens (including phenoxy) is 1. The average molecular weight is 501 g/mol. The molecule has 1 aliphatic heterocycles. The highest BCUT2D eigenvalue weighted by Crippen LogP contribution is 2.28. The van der Waals surface area contributed by atoms with Crippen LogP contribution < -0.4 is 4.74 Å². The minimum atomic E-state index is 0.139. The van der Waals surface area contributed by atoms with Crippen molar-refractivity contribution in [1.82, 2.24) is 19.4 Å². The predicted molar refractivity (Wildman–Crippen MR) is 144 cm³/mol. The molecule has 3 heterocycles. The number of hydrogen-bond acceptors (Lipinski definition) is 5. The van der Waals surface area contributed by atoms with Gasteiger partial charge in [0.05, 0.1) is 30.9 Å². The molecule has 2 aromatic carbocycles. The van der Waals surface area contributed by atoms with Crippen molar-refractivity contribution in [1.29, 1.82) is 0 Å². The Hall–Kier alpha value is -3.32. The van der Waals surface area contributed by atoms with Gasteiger partial charge in [-0.15, -0.1) is 0 Å². The molecule has 5 rings (SSSR count). The van der Waals surface area contributed by atoms with Crippen molar-refractivity contribution in [3.05, 3.63) is 83.7 Å². The van der Waals surface area contributed by atoms with E-state index >= 15 is 0 Å². The Kier molecular flexibility index (Phi) is 7.28. The zero-order valence-electron chi connectivity index (χ0n) is 21.1. The average Bonchev–Trinajstić information content (AvgIpc) is 3.24. The summed E-state index contributed by atoms with van der Waals surface area (Å²) >= 11 is 1.70. The van der Waals surface area contributed by atoms with Gasteiger partial charge in [-0.25, -0.2) is 4.98 Å². The summed E-state index contributed by atoms with van der Waals surface area (Å²) in [7, 11) is 1.68. The smallest absolute Gasteiger partial charge is 0.253 e. The first kappa shape index (κ1) is 24.4. The number of piperidine rings is 1. The van der Waals surface area contributed by atoms with E-state index in [0.717, 1.165) is 57.5 Å². The van der Waals surface area contributed by atoms with Gasteiger partial charge in [0.1, 0.15) is 5.75 Å². The van der Waals surface area contributed by atoms with Crippen LogP contribution in [-0.4, -0.2) is 45.5 Å². The van der Waals surface area contributed by atoms with E-state index in [9.17, 15) is 4.79 Å². The van der Waals surface area contributed by atoms with E-state index < -0.39 is 0 Å². The van der Waals surface area contributed by atoms with Crippen LogP contribution in [-0.2, 0) is 12.3 Å². The first-order valence-corrected chi connectivity index (χ1v) is 13.4. The summed E-state index contributed by atoms with van der Waals surface area (Å²) in [4.78, 5) is 24.3. The highest BCUT2D eigenvalue weighted by atomic mass is 32.2. The number of methoxy groups -OCH3 is 1. The number of aromatic nitrogens is 3. The van der Waals surface area contributed by atoms with Crippen LogP contribution in [0.4, 0.5) is 0 Å². The van der Waals surface area contributed by atoms with Crippen molar-refractivity contribution in [3.63, 3.8) is 0 Å². The number of nitrogens with zero attached hydrogens (tertiary/aromatic N) is 4. The first-order valence-electron chi connectivity index (χ1n) is 12.4. The lowest BCUT2D eigenvalue weighted by atomic mass is 9.91. The maximum atomic E-state index is 13.0. The summed E-state index contributed by atoms with van der Waals surface area (Å²) in [6.45, 7) is 6.84. The zero-order chi connectivity index (χ0) is 25.1. The second-order valence-corrected chi connectivity index (χ2v) is 10.8. The Balaban J connectivity index is 1.31. The lowest BCUT2D eigenvalue weighted by Crippen LogP contribution is -2.42. The van der Waals surface area contributed by atoms with Gasteiger partial charge in [0.25, 0.3) is 5.91 Å². The van der Waals surface area contributed by atoms with Crippen LogP contribution in [0.1, 0.15) is 41.8 Å². The third kappa shape index (κ3) is 5.41. The fourth-order valence-corrected chi connectivity index (χ4v) is 6.04. The van der Waals surface area contributed by atoms with Crippen LogP contribution in [0.2, 0.25) is 0 Å². The normalized spacial score (nSPS) is 17.9. The first-order chi connectivity index (χ1) is 17.5. The van der Waals surface area contributed by atoms with Gasteiger partial charge < -0.3 is 14.2 Å². The van der Waals surface area contributed by atoms with E-state index in [-0.39, 0.29) is 5.91 Å². The van der Waals surface area contributed by atoms with Crippen LogP contribution in [0.3, 0.4) is 0 Å². The molecular weight excluding hydrogens is 468 g/mol. The van der Waals surface area contributed by atoms with Crippen LogP contribution in [0.5, 0.6) is 5.75 Å². The lowest BCUT2D eigenvalue weighted by Gasteiger charge is -2.35. The van der Waals surface area contributed by atoms with Crippen molar-refractivity contribution in [2.45, 2.75) is 37.7 Å². The molecule has 1 aliphatic rings. The van der Waals surface area contributed by atoms with Gasteiger partial charge in [0.2, 0.25) is 0 Å². The molecule has 2 unspecified atom stereocenters. The molecule has 2 atom stereocenters. The van der Waals surface area contributed by atoms with Crippen molar-refractivity contribution >= 4 is 28.7 Å². The second kappa shape index (κ2) is 10.7.